The van der Waals surface area contributed by atoms with Gasteiger partial charge in [-0.1, -0.05) is 38.1 Å². The first-order valence-electron chi connectivity index (χ1n) is 11.8. The molecule has 3 aromatic rings. The molecule has 0 bridgehead atoms. The summed E-state index contributed by atoms with van der Waals surface area (Å²) in [4.78, 5) is 15.4. The molecule has 10 heteroatoms. The Balaban J connectivity index is 1.50. The van der Waals surface area contributed by atoms with Gasteiger partial charge in [-0.2, -0.15) is 0 Å². The minimum atomic E-state index is -4.11. The molecule has 1 aromatic heterocycles. The van der Waals surface area contributed by atoms with Gasteiger partial charge in [0.05, 0.1) is 24.6 Å². The number of aromatic nitrogens is 1. The monoisotopic (exact) mass is 532 g/mol. The third-order valence-electron chi connectivity index (χ3n) is 6.86. The van der Waals surface area contributed by atoms with E-state index in [4.69, 9.17) is 9.84 Å². The number of sulfonamides is 1. The van der Waals surface area contributed by atoms with Crippen LogP contribution in [0.15, 0.2) is 46.8 Å². The quantitative estimate of drug-likeness (QED) is 0.348. The van der Waals surface area contributed by atoms with Crippen molar-refractivity contribution in [2.45, 2.75) is 49.7 Å². The second kappa shape index (κ2) is 10.6. The number of halogens is 1. The summed E-state index contributed by atoms with van der Waals surface area (Å²) in [6.45, 7) is 4.59. The summed E-state index contributed by atoms with van der Waals surface area (Å²) in [5.74, 6) is -0.599. The number of nitrogens with one attached hydrogen (secondary N) is 1. The fourth-order valence-electron chi connectivity index (χ4n) is 4.70. The molecule has 0 unspecified atom stereocenters. The molecule has 192 valence electrons. The van der Waals surface area contributed by atoms with Gasteiger partial charge in [-0.15, -0.1) is 11.3 Å². The molecule has 0 amide bonds. The van der Waals surface area contributed by atoms with Gasteiger partial charge in [-0.25, -0.2) is 22.6 Å². The standard InChI is InChI=1S/C26H29FN2O5S2/c1-15(2)16-4-6-17(7-5-16)18-8-10-19(11-9-18)25-28-14-24(35-25)36(32,33)29-22-13-21(27)20(26(30)31)12-23(22)34-3/h8-17,29H,4-7H2,1-3H3,(H,30,31). The van der Waals surface area contributed by atoms with E-state index in [1.165, 1.54) is 44.6 Å². The normalized spacial score (nSPS) is 18.2. The van der Waals surface area contributed by atoms with E-state index in [9.17, 15) is 17.6 Å². The van der Waals surface area contributed by atoms with Gasteiger partial charge in [0.15, 0.2) is 4.21 Å². The fraction of sp³-hybridized carbons (Fsp3) is 0.385. The highest BCUT2D eigenvalue weighted by molar-refractivity contribution is 7.94. The number of carbonyl (C=O) groups is 1. The molecule has 0 spiro atoms. The first-order valence-corrected chi connectivity index (χ1v) is 14.1. The van der Waals surface area contributed by atoms with E-state index < -0.39 is 27.4 Å². The Labute approximate surface area is 214 Å². The van der Waals surface area contributed by atoms with Gasteiger partial charge in [0.1, 0.15) is 16.6 Å². The molecule has 1 aliphatic rings. The largest absolute Gasteiger partial charge is 0.495 e. The maximum atomic E-state index is 14.2. The van der Waals surface area contributed by atoms with Crippen LogP contribution in [0.1, 0.15) is 61.4 Å². The van der Waals surface area contributed by atoms with E-state index >= 15 is 0 Å². The summed E-state index contributed by atoms with van der Waals surface area (Å²) in [6.07, 6.45) is 6.12. The lowest BCUT2D eigenvalue weighted by Gasteiger charge is -2.31. The smallest absolute Gasteiger partial charge is 0.338 e. The van der Waals surface area contributed by atoms with Crippen molar-refractivity contribution in [2.75, 3.05) is 11.8 Å². The Hall–Kier alpha value is -2.98. The number of anilines is 1. The molecule has 36 heavy (non-hydrogen) atoms. The number of rotatable bonds is 8. The summed E-state index contributed by atoms with van der Waals surface area (Å²) in [5.41, 5.74) is 1.29. The number of carboxylic acids is 1. The van der Waals surface area contributed by atoms with Gasteiger partial charge >= 0.3 is 5.97 Å². The number of nitrogens with zero attached hydrogens (tertiary/aromatic N) is 1. The van der Waals surface area contributed by atoms with Crippen LogP contribution < -0.4 is 9.46 Å². The topological polar surface area (TPSA) is 106 Å². The predicted molar refractivity (Wildman–Crippen MR) is 138 cm³/mol. The van der Waals surface area contributed by atoms with Crippen molar-refractivity contribution in [1.29, 1.82) is 0 Å². The van der Waals surface area contributed by atoms with Crippen molar-refractivity contribution < 1.29 is 27.4 Å². The number of methoxy groups -OCH3 is 1. The highest BCUT2D eigenvalue weighted by Crippen LogP contribution is 2.39. The number of hydrogen-bond acceptors (Lipinski definition) is 6. The summed E-state index contributed by atoms with van der Waals surface area (Å²) in [6, 6.07) is 9.85. The third-order valence-corrected chi connectivity index (χ3v) is 9.73. The zero-order valence-corrected chi connectivity index (χ0v) is 22.0. The molecule has 0 saturated heterocycles. The van der Waals surface area contributed by atoms with Crippen molar-refractivity contribution >= 4 is 33.0 Å². The zero-order chi connectivity index (χ0) is 26.0. The third kappa shape index (κ3) is 5.54. The van der Waals surface area contributed by atoms with E-state index in [1.54, 1.807) is 0 Å². The molecule has 1 saturated carbocycles. The molecule has 4 rings (SSSR count). The summed E-state index contributed by atoms with van der Waals surface area (Å²) in [7, 11) is -2.87. The molecule has 2 aromatic carbocycles. The van der Waals surface area contributed by atoms with Gasteiger partial charge in [0, 0.05) is 11.6 Å². The van der Waals surface area contributed by atoms with Gasteiger partial charge in [-0.3, -0.25) is 4.72 Å². The van der Waals surface area contributed by atoms with Gasteiger partial charge in [-0.05, 0) is 55.1 Å². The van der Waals surface area contributed by atoms with Gasteiger partial charge < -0.3 is 9.84 Å². The SMILES string of the molecule is COc1cc(C(=O)O)c(F)cc1NS(=O)(=O)c1cnc(-c2ccc(C3CCC(C(C)C)CC3)cc2)s1. The van der Waals surface area contributed by atoms with Crippen molar-refractivity contribution in [3.63, 3.8) is 0 Å². The van der Waals surface area contributed by atoms with Gasteiger partial charge in [0.25, 0.3) is 10.0 Å². The fourth-order valence-corrected chi connectivity index (χ4v) is 6.89. The first-order chi connectivity index (χ1) is 17.1. The van der Waals surface area contributed by atoms with Crippen LogP contribution in [-0.2, 0) is 10.0 Å². The second-order valence-electron chi connectivity index (χ2n) is 9.41. The number of thiazole rings is 1. The Morgan fingerprint density at radius 1 is 1.17 bits per heavy atom. The Kier molecular flexibility index (Phi) is 7.65. The minimum absolute atomic E-state index is 0.0571. The van der Waals surface area contributed by atoms with Crippen molar-refractivity contribution in [2.24, 2.45) is 11.8 Å². The summed E-state index contributed by atoms with van der Waals surface area (Å²) < 4.78 is 47.3. The number of hydrogen-bond donors (Lipinski definition) is 2. The van der Waals surface area contributed by atoms with Crippen LogP contribution in [0.25, 0.3) is 10.6 Å². The van der Waals surface area contributed by atoms with Crippen LogP contribution in [0.3, 0.4) is 0 Å². The molecule has 0 aliphatic heterocycles. The van der Waals surface area contributed by atoms with Crippen LogP contribution in [0.2, 0.25) is 0 Å². The van der Waals surface area contributed by atoms with E-state index in [1.807, 2.05) is 12.1 Å². The first kappa shape index (κ1) is 26.1. The number of ether oxygens (including phenoxy) is 1. The van der Waals surface area contributed by atoms with Gasteiger partial charge in [0.2, 0.25) is 0 Å². The van der Waals surface area contributed by atoms with E-state index in [-0.39, 0.29) is 15.6 Å². The lowest BCUT2D eigenvalue weighted by molar-refractivity contribution is 0.0691. The molecule has 0 atom stereocenters. The lowest BCUT2D eigenvalue weighted by Crippen LogP contribution is -2.17. The highest BCUT2D eigenvalue weighted by Gasteiger charge is 2.25. The lowest BCUT2D eigenvalue weighted by atomic mass is 9.75. The maximum Gasteiger partial charge on any atom is 0.338 e. The Morgan fingerprint density at radius 2 is 1.83 bits per heavy atom. The van der Waals surface area contributed by atoms with E-state index in [0.717, 1.165) is 40.9 Å². The van der Waals surface area contributed by atoms with Crippen LogP contribution in [0, 0.1) is 17.7 Å². The predicted octanol–water partition coefficient (Wildman–Crippen LogP) is 6.39. The minimum Gasteiger partial charge on any atom is -0.495 e. The van der Waals surface area contributed by atoms with Crippen molar-refractivity contribution in [3.05, 3.63) is 59.5 Å². The molecule has 1 aliphatic carbocycles. The van der Waals surface area contributed by atoms with Crippen LogP contribution >= 0.6 is 11.3 Å². The molecular weight excluding hydrogens is 503 g/mol. The van der Waals surface area contributed by atoms with Crippen LogP contribution in [-0.4, -0.2) is 31.6 Å². The maximum absolute atomic E-state index is 14.2. The number of benzene rings is 2. The van der Waals surface area contributed by atoms with Crippen molar-refractivity contribution in [3.8, 4) is 16.3 Å². The molecular formula is C26H29FN2O5S2. The molecule has 2 N–H and O–H groups in total. The average molecular weight is 533 g/mol. The molecule has 7 nitrogen and oxygen atoms in total. The summed E-state index contributed by atoms with van der Waals surface area (Å²) in [5, 5.41) is 9.62. The number of carboxylic acid groups (broad SMARTS) is 1. The van der Waals surface area contributed by atoms with E-state index in [0.29, 0.717) is 10.9 Å². The Bertz CT molecular complexity index is 1350. The zero-order valence-electron chi connectivity index (χ0n) is 20.3. The second-order valence-corrected chi connectivity index (χ2v) is 12.3. The van der Waals surface area contributed by atoms with Crippen LogP contribution in [0.4, 0.5) is 10.1 Å². The molecule has 0 radical (unpaired) electrons. The average Bonchev–Trinajstić information content (AvgIpc) is 3.35. The Morgan fingerprint density at radius 3 is 2.42 bits per heavy atom. The summed E-state index contributed by atoms with van der Waals surface area (Å²) >= 11 is 0.993. The van der Waals surface area contributed by atoms with Crippen molar-refractivity contribution in [1.82, 2.24) is 4.98 Å². The molecule has 1 fully saturated rings. The van der Waals surface area contributed by atoms with Crippen LogP contribution in [0.5, 0.6) is 5.75 Å². The molecule has 1 heterocycles. The van der Waals surface area contributed by atoms with E-state index in [2.05, 4.69) is 35.7 Å². The number of aromatic carboxylic acids is 1. The highest BCUT2D eigenvalue weighted by atomic mass is 32.2.